The smallest absolute Gasteiger partial charge is 0.416 e. The van der Waals surface area contributed by atoms with Crippen LogP contribution in [0.2, 0.25) is 0 Å². The maximum Gasteiger partial charge on any atom is 0.416 e. The molecule has 1 amide bonds. The Labute approximate surface area is 153 Å². The standard InChI is InChI=1S/C19H18F3NO4/c1-27-15-8-7-14(16(10-15)19(20,21)22)11-23-17(24)9-4-12-2-5-13(6-3-12)18(25)26/h2-3,5-8,10H,4,9,11H2,1H3,(H,23,24)(H,25,26). The van der Waals surface area contributed by atoms with Crippen LogP contribution in [0.15, 0.2) is 42.5 Å². The number of carbonyl (C=O) groups is 2. The quantitative estimate of drug-likeness (QED) is 0.768. The SMILES string of the molecule is COc1ccc(CNC(=O)CCc2ccc(C(=O)O)cc2)c(C(F)(F)F)c1. The van der Waals surface area contributed by atoms with E-state index in [-0.39, 0.29) is 29.8 Å². The van der Waals surface area contributed by atoms with Crippen molar-refractivity contribution in [2.24, 2.45) is 0 Å². The summed E-state index contributed by atoms with van der Waals surface area (Å²) in [5.74, 6) is -1.36. The molecule has 2 N–H and O–H groups in total. The van der Waals surface area contributed by atoms with Crippen molar-refractivity contribution in [3.63, 3.8) is 0 Å². The van der Waals surface area contributed by atoms with E-state index < -0.39 is 23.6 Å². The zero-order valence-corrected chi connectivity index (χ0v) is 14.5. The Kier molecular flexibility index (Phi) is 6.44. The van der Waals surface area contributed by atoms with E-state index in [1.807, 2.05) is 0 Å². The van der Waals surface area contributed by atoms with E-state index in [1.54, 1.807) is 12.1 Å². The van der Waals surface area contributed by atoms with E-state index in [9.17, 15) is 22.8 Å². The minimum atomic E-state index is -4.56. The Morgan fingerprint density at radius 2 is 1.78 bits per heavy atom. The summed E-state index contributed by atoms with van der Waals surface area (Å²) in [6, 6.07) is 9.63. The zero-order valence-electron chi connectivity index (χ0n) is 14.5. The number of amides is 1. The Bertz CT molecular complexity index is 817. The lowest BCUT2D eigenvalue weighted by atomic mass is 10.1. The first-order valence-corrected chi connectivity index (χ1v) is 8.03. The molecule has 144 valence electrons. The first-order chi connectivity index (χ1) is 12.7. The van der Waals surface area contributed by atoms with Crippen molar-refractivity contribution in [2.45, 2.75) is 25.6 Å². The second-order valence-corrected chi connectivity index (χ2v) is 5.80. The fourth-order valence-electron chi connectivity index (χ4n) is 2.45. The number of aromatic carboxylic acids is 1. The molecule has 0 aliphatic heterocycles. The van der Waals surface area contributed by atoms with Crippen molar-refractivity contribution in [2.75, 3.05) is 7.11 Å². The number of hydrogen-bond donors (Lipinski definition) is 2. The third-order valence-electron chi connectivity index (χ3n) is 3.94. The van der Waals surface area contributed by atoms with E-state index >= 15 is 0 Å². The lowest BCUT2D eigenvalue weighted by molar-refractivity contribution is -0.138. The molecule has 0 bridgehead atoms. The summed E-state index contributed by atoms with van der Waals surface area (Å²) < 4.78 is 44.2. The maximum atomic E-state index is 13.1. The number of ether oxygens (including phenoxy) is 1. The number of hydrogen-bond acceptors (Lipinski definition) is 3. The number of rotatable bonds is 7. The summed E-state index contributed by atoms with van der Waals surface area (Å²) >= 11 is 0. The van der Waals surface area contributed by atoms with Gasteiger partial charge in [0.25, 0.3) is 0 Å². The zero-order chi connectivity index (χ0) is 20.0. The summed E-state index contributed by atoms with van der Waals surface area (Å²) in [5, 5.41) is 11.3. The molecule has 0 spiro atoms. The average Bonchev–Trinajstić information content (AvgIpc) is 2.64. The summed E-state index contributed by atoms with van der Waals surface area (Å²) in [7, 11) is 1.28. The molecule has 0 radical (unpaired) electrons. The number of nitrogens with one attached hydrogen (secondary N) is 1. The normalized spacial score (nSPS) is 11.1. The third-order valence-corrected chi connectivity index (χ3v) is 3.94. The number of halogens is 3. The predicted molar refractivity (Wildman–Crippen MR) is 91.6 cm³/mol. The number of methoxy groups -OCH3 is 1. The molecule has 5 nitrogen and oxygen atoms in total. The highest BCUT2D eigenvalue weighted by Crippen LogP contribution is 2.34. The van der Waals surface area contributed by atoms with Crippen LogP contribution in [0.4, 0.5) is 13.2 Å². The summed E-state index contributed by atoms with van der Waals surface area (Å²) in [5.41, 5.74) is -0.00756. The first-order valence-electron chi connectivity index (χ1n) is 8.03. The molecule has 0 aliphatic carbocycles. The highest BCUT2D eigenvalue weighted by atomic mass is 19.4. The van der Waals surface area contributed by atoms with Gasteiger partial charge in [0.05, 0.1) is 18.2 Å². The molecule has 2 rings (SSSR count). The second-order valence-electron chi connectivity index (χ2n) is 5.80. The molecule has 0 unspecified atom stereocenters. The molecule has 2 aromatic carbocycles. The van der Waals surface area contributed by atoms with Crippen molar-refractivity contribution < 1.29 is 32.6 Å². The van der Waals surface area contributed by atoms with E-state index in [0.29, 0.717) is 6.42 Å². The number of carboxylic acid groups (broad SMARTS) is 1. The summed E-state index contributed by atoms with van der Waals surface area (Å²) in [6.07, 6.45) is -4.13. The monoisotopic (exact) mass is 381 g/mol. The van der Waals surface area contributed by atoms with Gasteiger partial charge in [0, 0.05) is 13.0 Å². The Balaban J connectivity index is 1.94. The highest BCUT2D eigenvalue weighted by Gasteiger charge is 2.33. The van der Waals surface area contributed by atoms with E-state index in [1.165, 1.54) is 31.4 Å². The van der Waals surface area contributed by atoms with Gasteiger partial charge in [0.2, 0.25) is 5.91 Å². The minimum absolute atomic E-state index is 0.0533. The van der Waals surface area contributed by atoms with Crippen LogP contribution in [0.1, 0.15) is 33.5 Å². The molecule has 0 aliphatic rings. The van der Waals surface area contributed by atoms with Crippen LogP contribution < -0.4 is 10.1 Å². The van der Waals surface area contributed by atoms with Gasteiger partial charge in [-0.1, -0.05) is 18.2 Å². The van der Waals surface area contributed by atoms with Crippen LogP contribution in [0.3, 0.4) is 0 Å². The number of carboxylic acids is 1. The van der Waals surface area contributed by atoms with Gasteiger partial charge in [-0.3, -0.25) is 4.79 Å². The van der Waals surface area contributed by atoms with E-state index in [0.717, 1.165) is 11.6 Å². The molecule has 2 aromatic rings. The van der Waals surface area contributed by atoms with Crippen LogP contribution in [0, 0.1) is 0 Å². The van der Waals surface area contributed by atoms with Crippen molar-refractivity contribution in [1.82, 2.24) is 5.32 Å². The molecule has 0 heterocycles. The van der Waals surface area contributed by atoms with E-state index in [2.05, 4.69) is 5.32 Å². The topological polar surface area (TPSA) is 75.6 Å². The number of carbonyl (C=O) groups excluding carboxylic acids is 1. The van der Waals surface area contributed by atoms with Crippen LogP contribution in [0.25, 0.3) is 0 Å². The number of benzene rings is 2. The molecular formula is C19H18F3NO4. The van der Waals surface area contributed by atoms with Crippen LogP contribution in [-0.2, 0) is 23.9 Å². The van der Waals surface area contributed by atoms with Crippen molar-refractivity contribution in [3.8, 4) is 5.75 Å². The van der Waals surface area contributed by atoms with Gasteiger partial charge >= 0.3 is 12.1 Å². The largest absolute Gasteiger partial charge is 0.497 e. The van der Waals surface area contributed by atoms with Gasteiger partial charge in [-0.15, -0.1) is 0 Å². The molecule has 0 saturated carbocycles. The Morgan fingerprint density at radius 1 is 1.11 bits per heavy atom. The predicted octanol–water partition coefficient (Wildman–Crippen LogP) is 3.66. The van der Waals surface area contributed by atoms with Crippen LogP contribution >= 0.6 is 0 Å². The molecule has 8 heteroatoms. The molecule has 27 heavy (non-hydrogen) atoms. The van der Waals surface area contributed by atoms with Crippen molar-refractivity contribution >= 4 is 11.9 Å². The molecule has 0 fully saturated rings. The van der Waals surface area contributed by atoms with Crippen LogP contribution in [0.5, 0.6) is 5.75 Å². The maximum absolute atomic E-state index is 13.1. The van der Waals surface area contributed by atoms with Gasteiger partial charge in [0.15, 0.2) is 0 Å². The Hall–Kier alpha value is -3.03. The molecule has 0 saturated heterocycles. The fraction of sp³-hybridized carbons (Fsp3) is 0.263. The average molecular weight is 381 g/mol. The Morgan fingerprint density at radius 3 is 2.33 bits per heavy atom. The highest BCUT2D eigenvalue weighted by molar-refractivity contribution is 5.87. The second kappa shape index (κ2) is 8.57. The molecule has 0 atom stereocenters. The fourth-order valence-corrected chi connectivity index (χ4v) is 2.45. The van der Waals surface area contributed by atoms with Crippen molar-refractivity contribution in [1.29, 1.82) is 0 Å². The van der Waals surface area contributed by atoms with Crippen molar-refractivity contribution in [3.05, 3.63) is 64.7 Å². The van der Waals surface area contributed by atoms with Gasteiger partial charge in [-0.05, 0) is 41.8 Å². The lowest BCUT2D eigenvalue weighted by Gasteiger charge is -2.15. The minimum Gasteiger partial charge on any atom is -0.497 e. The van der Waals surface area contributed by atoms with Gasteiger partial charge in [-0.2, -0.15) is 13.2 Å². The number of alkyl halides is 3. The van der Waals surface area contributed by atoms with Gasteiger partial charge in [0.1, 0.15) is 5.75 Å². The lowest BCUT2D eigenvalue weighted by Crippen LogP contribution is -2.24. The third kappa shape index (κ3) is 5.73. The summed E-state index contributed by atoms with van der Waals surface area (Å²) in [4.78, 5) is 22.7. The molecule has 0 aromatic heterocycles. The van der Waals surface area contributed by atoms with Gasteiger partial charge in [-0.25, -0.2) is 4.79 Å². The first kappa shape index (κ1) is 20.3. The number of aryl methyl sites for hydroxylation is 1. The summed E-state index contributed by atoms with van der Waals surface area (Å²) in [6.45, 7) is -0.254. The van der Waals surface area contributed by atoms with Crippen LogP contribution in [-0.4, -0.2) is 24.1 Å². The van der Waals surface area contributed by atoms with E-state index in [4.69, 9.17) is 9.84 Å². The molecular weight excluding hydrogens is 363 g/mol. The van der Waals surface area contributed by atoms with Gasteiger partial charge < -0.3 is 15.2 Å².